The summed E-state index contributed by atoms with van der Waals surface area (Å²) in [6.07, 6.45) is 1.53. The third-order valence-electron chi connectivity index (χ3n) is 4.32. The van der Waals surface area contributed by atoms with Gasteiger partial charge in [-0.15, -0.1) is 0 Å². The van der Waals surface area contributed by atoms with E-state index in [0.29, 0.717) is 41.7 Å². The summed E-state index contributed by atoms with van der Waals surface area (Å²) in [4.78, 5) is 12.1. The fourth-order valence-electron chi connectivity index (χ4n) is 3.04. The number of nitrogens with two attached hydrogens (primary N) is 1. The number of aliphatic hydroxyl groups excluding tert-OH is 1. The number of halogens is 1. The van der Waals surface area contributed by atoms with E-state index in [2.05, 4.69) is 5.32 Å². The van der Waals surface area contributed by atoms with Crippen molar-refractivity contribution in [1.29, 1.82) is 0 Å². The number of carbonyl (C=O) groups excluding carboxylic acids is 1. The fraction of sp³-hybridized carbons (Fsp3) is 0.562. The van der Waals surface area contributed by atoms with Crippen molar-refractivity contribution in [3.63, 3.8) is 0 Å². The van der Waals surface area contributed by atoms with Crippen LogP contribution in [0.5, 0.6) is 11.5 Å². The summed E-state index contributed by atoms with van der Waals surface area (Å²) in [6, 6.07) is 3.44. The van der Waals surface area contributed by atoms with E-state index in [1.165, 1.54) is 0 Å². The Morgan fingerprint density at radius 3 is 2.91 bits per heavy atom. The lowest BCUT2D eigenvalue weighted by molar-refractivity contribution is -0.125. The molecular formula is C16H21ClN2O4. The first kappa shape index (κ1) is 16.4. The Labute approximate surface area is 139 Å². The molecule has 1 aliphatic carbocycles. The van der Waals surface area contributed by atoms with E-state index in [0.717, 1.165) is 12.8 Å². The number of hydrogen-bond donors (Lipinski definition) is 3. The van der Waals surface area contributed by atoms with Crippen molar-refractivity contribution in [2.45, 2.75) is 31.4 Å². The van der Waals surface area contributed by atoms with E-state index >= 15 is 0 Å². The Morgan fingerprint density at radius 2 is 2.17 bits per heavy atom. The molecule has 1 amide bonds. The molecule has 1 fully saturated rings. The Bertz CT molecular complexity index is 596. The van der Waals surface area contributed by atoms with Gasteiger partial charge in [0.1, 0.15) is 13.2 Å². The standard InChI is InChI=1S/C16H21ClN2O4/c17-12-6-10(7-14-15(12)23-4-3-22-14)13(20)8-19-16(21)9-1-2-11(18)5-9/h6-7,9,11,13,20H,1-5,8,18H2,(H,19,21). The highest BCUT2D eigenvalue weighted by Crippen LogP contribution is 2.39. The molecular weight excluding hydrogens is 320 g/mol. The largest absolute Gasteiger partial charge is 0.486 e. The minimum Gasteiger partial charge on any atom is -0.486 e. The van der Waals surface area contributed by atoms with Gasteiger partial charge in [-0.2, -0.15) is 0 Å². The van der Waals surface area contributed by atoms with Crippen molar-refractivity contribution < 1.29 is 19.4 Å². The number of aliphatic hydroxyl groups is 1. The highest BCUT2D eigenvalue weighted by Gasteiger charge is 2.28. The predicted molar refractivity (Wildman–Crippen MR) is 85.7 cm³/mol. The number of benzene rings is 1. The van der Waals surface area contributed by atoms with Gasteiger partial charge < -0.3 is 25.6 Å². The number of nitrogens with one attached hydrogen (secondary N) is 1. The molecule has 4 N–H and O–H groups in total. The van der Waals surface area contributed by atoms with Crippen LogP contribution in [0.2, 0.25) is 5.02 Å². The van der Waals surface area contributed by atoms with Crippen LogP contribution in [-0.4, -0.2) is 36.8 Å². The Balaban J connectivity index is 1.61. The molecule has 0 bridgehead atoms. The molecule has 3 atom stereocenters. The third kappa shape index (κ3) is 3.71. The maximum absolute atomic E-state index is 12.1. The third-order valence-corrected chi connectivity index (χ3v) is 4.60. The topological polar surface area (TPSA) is 93.8 Å². The molecule has 2 aliphatic rings. The van der Waals surface area contributed by atoms with Crippen LogP contribution in [0.3, 0.4) is 0 Å². The first-order valence-corrected chi connectivity index (χ1v) is 8.23. The Morgan fingerprint density at radius 1 is 1.39 bits per heavy atom. The Kier molecular flexibility index (Phi) is 4.94. The number of amides is 1. The van der Waals surface area contributed by atoms with Gasteiger partial charge in [-0.25, -0.2) is 0 Å². The second-order valence-electron chi connectivity index (χ2n) is 6.06. The van der Waals surface area contributed by atoms with Gasteiger partial charge in [0.2, 0.25) is 5.91 Å². The second kappa shape index (κ2) is 6.95. The number of rotatable bonds is 4. The molecule has 126 valence electrons. The summed E-state index contributed by atoms with van der Waals surface area (Å²) >= 11 is 6.16. The van der Waals surface area contributed by atoms with E-state index in [-0.39, 0.29) is 24.4 Å². The highest BCUT2D eigenvalue weighted by atomic mass is 35.5. The van der Waals surface area contributed by atoms with E-state index in [4.69, 9.17) is 26.8 Å². The zero-order chi connectivity index (χ0) is 16.4. The van der Waals surface area contributed by atoms with Gasteiger partial charge in [-0.3, -0.25) is 4.79 Å². The molecule has 1 aliphatic heterocycles. The zero-order valence-electron chi connectivity index (χ0n) is 12.8. The minimum absolute atomic E-state index is 0.0546. The molecule has 6 nitrogen and oxygen atoms in total. The number of carbonyl (C=O) groups is 1. The van der Waals surface area contributed by atoms with E-state index in [1.54, 1.807) is 12.1 Å². The lowest BCUT2D eigenvalue weighted by Gasteiger charge is -2.22. The van der Waals surface area contributed by atoms with Crippen LogP contribution in [0, 0.1) is 5.92 Å². The molecule has 3 unspecified atom stereocenters. The lowest BCUT2D eigenvalue weighted by atomic mass is 10.1. The molecule has 0 spiro atoms. The monoisotopic (exact) mass is 340 g/mol. The van der Waals surface area contributed by atoms with Crippen LogP contribution >= 0.6 is 11.6 Å². The van der Waals surface area contributed by atoms with E-state index in [9.17, 15) is 9.90 Å². The van der Waals surface area contributed by atoms with Crippen LogP contribution in [-0.2, 0) is 4.79 Å². The molecule has 7 heteroatoms. The Hall–Kier alpha value is -1.50. The van der Waals surface area contributed by atoms with Gasteiger partial charge in [0, 0.05) is 18.5 Å². The highest BCUT2D eigenvalue weighted by molar-refractivity contribution is 6.32. The van der Waals surface area contributed by atoms with Crippen molar-refractivity contribution >= 4 is 17.5 Å². The van der Waals surface area contributed by atoms with Gasteiger partial charge in [-0.05, 0) is 37.0 Å². The molecule has 1 aromatic carbocycles. The van der Waals surface area contributed by atoms with Gasteiger partial charge in [0.15, 0.2) is 11.5 Å². The van der Waals surface area contributed by atoms with Crippen molar-refractivity contribution in [2.24, 2.45) is 11.7 Å². The first-order valence-electron chi connectivity index (χ1n) is 7.85. The van der Waals surface area contributed by atoms with Crippen molar-refractivity contribution in [1.82, 2.24) is 5.32 Å². The number of fused-ring (bicyclic) bond motifs is 1. The predicted octanol–water partition coefficient (Wildman–Crippen LogP) is 1.39. The maximum atomic E-state index is 12.1. The lowest BCUT2D eigenvalue weighted by Crippen LogP contribution is -2.33. The zero-order valence-corrected chi connectivity index (χ0v) is 13.5. The fourth-order valence-corrected chi connectivity index (χ4v) is 3.31. The molecule has 23 heavy (non-hydrogen) atoms. The summed E-state index contributed by atoms with van der Waals surface area (Å²) in [5, 5.41) is 13.5. The molecule has 1 aromatic rings. The van der Waals surface area contributed by atoms with Gasteiger partial charge >= 0.3 is 0 Å². The molecule has 3 rings (SSSR count). The maximum Gasteiger partial charge on any atom is 0.223 e. The minimum atomic E-state index is -0.859. The molecule has 1 heterocycles. The first-order chi connectivity index (χ1) is 11.0. The van der Waals surface area contributed by atoms with Crippen molar-refractivity contribution in [2.75, 3.05) is 19.8 Å². The van der Waals surface area contributed by atoms with Gasteiger partial charge in [-0.1, -0.05) is 11.6 Å². The summed E-state index contributed by atoms with van der Waals surface area (Å²) in [7, 11) is 0. The van der Waals surface area contributed by atoms with Gasteiger partial charge in [0.25, 0.3) is 0 Å². The van der Waals surface area contributed by atoms with Crippen molar-refractivity contribution in [3.8, 4) is 11.5 Å². The normalized spacial score (nSPS) is 24.3. The average Bonchev–Trinajstić information content (AvgIpc) is 2.99. The van der Waals surface area contributed by atoms with E-state index in [1.807, 2.05) is 0 Å². The van der Waals surface area contributed by atoms with Crippen molar-refractivity contribution in [3.05, 3.63) is 22.7 Å². The van der Waals surface area contributed by atoms with Gasteiger partial charge in [0.05, 0.1) is 11.1 Å². The van der Waals surface area contributed by atoms with Crippen LogP contribution < -0.4 is 20.5 Å². The number of ether oxygens (including phenoxy) is 2. The summed E-state index contributed by atoms with van der Waals surface area (Å²) in [5.74, 6) is 0.908. The smallest absolute Gasteiger partial charge is 0.223 e. The van der Waals surface area contributed by atoms with Crippen LogP contribution in [0.25, 0.3) is 0 Å². The molecule has 1 saturated carbocycles. The molecule has 0 radical (unpaired) electrons. The van der Waals surface area contributed by atoms with Crippen LogP contribution in [0.4, 0.5) is 0 Å². The summed E-state index contributed by atoms with van der Waals surface area (Å²) in [6.45, 7) is 1.02. The molecule has 0 saturated heterocycles. The van der Waals surface area contributed by atoms with Crippen LogP contribution in [0.15, 0.2) is 12.1 Å². The average molecular weight is 341 g/mol. The summed E-state index contributed by atoms with van der Waals surface area (Å²) < 4.78 is 10.9. The summed E-state index contributed by atoms with van der Waals surface area (Å²) in [5.41, 5.74) is 6.41. The van der Waals surface area contributed by atoms with Crippen LogP contribution in [0.1, 0.15) is 30.9 Å². The van der Waals surface area contributed by atoms with E-state index < -0.39 is 6.10 Å². The molecule has 0 aromatic heterocycles. The SMILES string of the molecule is NC1CCC(C(=O)NCC(O)c2cc(Cl)c3c(c2)OCCO3)C1. The number of hydrogen-bond acceptors (Lipinski definition) is 5. The quantitative estimate of drug-likeness (QED) is 0.770. The second-order valence-corrected chi connectivity index (χ2v) is 6.47.